The molecular formula is C30H44N4O2. The minimum atomic E-state index is -0.159. The zero-order chi connectivity index (χ0) is 25.8. The van der Waals surface area contributed by atoms with Gasteiger partial charge in [0.1, 0.15) is 0 Å². The predicted octanol–water partition coefficient (Wildman–Crippen LogP) is 5.73. The molecule has 0 spiro atoms. The van der Waals surface area contributed by atoms with E-state index < -0.39 is 0 Å². The number of hydrogen-bond donors (Lipinski definition) is 2. The Morgan fingerprint density at radius 3 is 2.28 bits per heavy atom. The molecule has 6 heteroatoms. The number of rotatable bonds is 13. The highest BCUT2D eigenvalue weighted by atomic mass is 16.2. The molecule has 2 N–H and O–H groups in total. The Balaban J connectivity index is 1.72. The molecule has 2 amide bonds. The summed E-state index contributed by atoms with van der Waals surface area (Å²) in [5.74, 6) is -0.246. The molecule has 0 aliphatic carbocycles. The largest absolute Gasteiger partial charge is 0.371 e. The predicted molar refractivity (Wildman–Crippen MR) is 150 cm³/mol. The first-order valence-electron chi connectivity index (χ1n) is 13.9. The van der Waals surface area contributed by atoms with E-state index in [1.54, 1.807) is 0 Å². The van der Waals surface area contributed by atoms with Crippen molar-refractivity contribution in [2.24, 2.45) is 0 Å². The summed E-state index contributed by atoms with van der Waals surface area (Å²) in [6, 6.07) is 13.6. The Morgan fingerprint density at radius 2 is 1.61 bits per heavy atom. The number of likely N-dealkylation sites (N-methyl/N-ethyl adjacent to an activating group) is 1. The summed E-state index contributed by atoms with van der Waals surface area (Å²) >= 11 is 0. The molecule has 1 aliphatic heterocycles. The van der Waals surface area contributed by atoms with Crippen LogP contribution in [0.5, 0.6) is 0 Å². The van der Waals surface area contributed by atoms with Gasteiger partial charge in [-0.15, -0.1) is 0 Å². The molecule has 36 heavy (non-hydrogen) atoms. The average Bonchev–Trinajstić information content (AvgIpc) is 2.92. The first-order chi connectivity index (χ1) is 17.5. The molecule has 0 radical (unpaired) electrons. The van der Waals surface area contributed by atoms with Crippen LogP contribution in [0.2, 0.25) is 0 Å². The lowest BCUT2D eigenvalue weighted by atomic mass is 10.0. The van der Waals surface area contributed by atoms with Crippen LogP contribution in [-0.2, 0) is 6.42 Å². The van der Waals surface area contributed by atoms with E-state index >= 15 is 0 Å². The van der Waals surface area contributed by atoms with Crippen molar-refractivity contribution in [3.8, 4) is 0 Å². The van der Waals surface area contributed by atoms with Gasteiger partial charge < -0.3 is 20.4 Å². The highest BCUT2D eigenvalue weighted by Crippen LogP contribution is 2.27. The van der Waals surface area contributed by atoms with Crippen LogP contribution in [0.3, 0.4) is 0 Å². The molecule has 1 saturated heterocycles. The van der Waals surface area contributed by atoms with Gasteiger partial charge in [-0.25, -0.2) is 0 Å². The number of piperidine rings is 1. The Bertz CT molecular complexity index is 963. The lowest BCUT2D eigenvalue weighted by molar-refractivity contribution is 0.0948. The van der Waals surface area contributed by atoms with Gasteiger partial charge in [0, 0.05) is 43.1 Å². The number of unbranched alkanes of at least 4 members (excludes halogenated alkanes) is 2. The van der Waals surface area contributed by atoms with Crippen molar-refractivity contribution in [3.63, 3.8) is 0 Å². The number of amides is 2. The van der Waals surface area contributed by atoms with Crippen molar-refractivity contribution in [3.05, 3.63) is 59.2 Å². The van der Waals surface area contributed by atoms with Gasteiger partial charge in [0.25, 0.3) is 11.8 Å². The Kier molecular flexibility index (Phi) is 11.3. The summed E-state index contributed by atoms with van der Waals surface area (Å²) in [5, 5.41) is 6.10. The van der Waals surface area contributed by atoms with Gasteiger partial charge in [-0.2, -0.15) is 0 Å². The molecule has 196 valence electrons. The molecule has 1 fully saturated rings. The van der Waals surface area contributed by atoms with Crippen LogP contribution in [-0.4, -0.2) is 56.0 Å². The Morgan fingerprint density at radius 1 is 0.889 bits per heavy atom. The summed E-state index contributed by atoms with van der Waals surface area (Å²) in [4.78, 5) is 30.8. The van der Waals surface area contributed by atoms with Gasteiger partial charge >= 0.3 is 0 Å². The minimum absolute atomic E-state index is 0.0877. The zero-order valence-electron chi connectivity index (χ0n) is 22.4. The van der Waals surface area contributed by atoms with Crippen molar-refractivity contribution in [2.75, 3.05) is 49.5 Å². The molecule has 0 unspecified atom stereocenters. The Hall–Kier alpha value is -2.86. The summed E-state index contributed by atoms with van der Waals surface area (Å²) in [6.07, 6.45) is 8.14. The van der Waals surface area contributed by atoms with E-state index in [4.69, 9.17) is 0 Å². The van der Waals surface area contributed by atoms with E-state index in [0.717, 1.165) is 57.7 Å². The molecule has 2 aromatic carbocycles. The van der Waals surface area contributed by atoms with Gasteiger partial charge in [-0.3, -0.25) is 9.59 Å². The molecule has 3 rings (SSSR count). The standard InChI is InChI=1S/C30H44N4O2/c1-4-7-9-12-24-13-15-25(16-14-24)29(35)32-26-17-18-28(34-20-10-8-11-21-34)27(23-26)30(36)31-19-22-33(5-2)6-3/h13-18,23H,4-12,19-22H2,1-3H3,(H,31,36)(H,32,35). The Labute approximate surface area is 217 Å². The van der Waals surface area contributed by atoms with Gasteiger partial charge in [0.15, 0.2) is 0 Å². The fourth-order valence-electron chi connectivity index (χ4n) is 4.77. The third-order valence-corrected chi connectivity index (χ3v) is 7.09. The second-order valence-corrected chi connectivity index (χ2v) is 9.67. The quantitative estimate of drug-likeness (QED) is 0.350. The molecule has 0 aromatic heterocycles. The molecular weight excluding hydrogens is 448 g/mol. The summed E-state index contributed by atoms with van der Waals surface area (Å²) in [5.41, 5.74) is 4.10. The van der Waals surface area contributed by atoms with Crippen LogP contribution in [0, 0.1) is 0 Å². The molecule has 2 aromatic rings. The fourth-order valence-corrected chi connectivity index (χ4v) is 4.77. The number of aryl methyl sites for hydroxylation is 1. The average molecular weight is 493 g/mol. The minimum Gasteiger partial charge on any atom is -0.371 e. The molecule has 1 aliphatic rings. The van der Waals surface area contributed by atoms with Crippen molar-refractivity contribution in [1.29, 1.82) is 0 Å². The number of hydrogen-bond acceptors (Lipinski definition) is 4. The van der Waals surface area contributed by atoms with Crippen LogP contribution in [0.15, 0.2) is 42.5 Å². The van der Waals surface area contributed by atoms with Gasteiger partial charge in [0.2, 0.25) is 0 Å². The van der Waals surface area contributed by atoms with Crippen LogP contribution in [0.1, 0.15) is 85.6 Å². The third kappa shape index (κ3) is 8.09. The van der Waals surface area contributed by atoms with Crippen molar-refractivity contribution in [2.45, 2.75) is 65.7 Å². The van der Waals surface area contributed by atoms with Crippen LogP contribution in [0.4, 0.5) is 11.4 Å². The van der Waals surface area contributed by atoms with E-state index in [2.05, 4.69) is 41.2 Å². The summed E-state index contributed by atoms with van der Waals surface area (Å²) < 4.78 is 0. The lowest BCUT2D eigenvalue weighted by Gasteiger charge is -2.30. The third-order valence-electron chi connectivity index (χ3n) is 7.09. The van der Waals surface area contributed by atoms with Crippen molar-refractivity contribution in [1.82, 2.24) is 10.2 Å². The number of nitrogens with zero attached hydrogens (tertiary/aromatic N) is 2. The number of nitrogens with one attached hydrogen (secondary N) is 2. The number of benzene rings is 2. The van der Waals surface area contributed by atoms with Gasteiger partial charge in [-0.05, 0) is 81.1 Å². The van der Waals surface area contributed by atoms with E-state index in [-0.39, 0.29) is 11.8 Å². The smallest absolute Gasteiger partial charge is 0.255 e. The zero-order valence-corrected chi connectivity index (χ0v) is 22.4. The maximum absolute atomic E-state index is 13.3. The second kappa shape index (κ2) is 14.6. The monoisotopic (exact) mass is 492 g/mol. The van der Waals surface area contributed by atoms with Gasteiger partial charge in [0.05, 0.1) is 5.56 Å². The first-order valence-corrected chi connectivity index (χ1v) is 13.9. The van der Waals surface area contributed by atoms with E-state index in [9.17, 15) is 9.59 Å². The number of carbonyl (C=O) groups excluding carboxylic acids is 2. The normalized spacial score (nSPS) is 13.6. The summed E-state index contributed by atoms with van der Waals surface area (Å²) in [6.45, 7) is 11.7. The van der Waals surface area contributed by atoms with Crippen LogP contribution < -0.4 is 15.5 Å². The van der Waals surface area contributed by atoms with Crippen LogP contribution in [0.25, 0.3) is 0 Å². The number of anilines is 2. The van der Waals surface area contributed by atoms with E-state index in [1.807, 2.05) is 42.5 Å². The molecule has 0 atom stereocenters. The lowest BCUT2D eigenvalue weighted by Crippen LogP contribution is -2.36. The maximum atomic E-state index is 13.3. The highest BCUT2D eigenvalue weighted by molar-refractivity contribution is 6.06. The maximum Gasteiger partial charge on any atom is 0.255 e. The second-order valence-electron chi connectivity index (χ2n) is 9.67. The summed E-state index contributed by atoms with van der Waals surface area (Å²) in [7, 11) is 0. The highest BCUT2D eigenvalue weighted by Gasteiger charge is 2.20. The molecule has 6 nitrogen and oxygen atoms in total. The van der Waals surface area contributed by atoms with Crippen molar-refractivity contribution < 1.29 is 9.59 Å². The fraction of sp³-hybridized carbons (Fsp3) is 0.533. The van der Waals surface area contributed by atoms with Crippen molar-refractivity contribution >= 4 is 23.2 Å². The molecule has 1 heterocycles. The van der Waals surface area contributed by atoms with Gasteiger partial charge in [-0.1, -0.05) is 45.7 Å². The van der Waals surface area contributed by atoms with E-state index in [0.29, 0.717) is 23.4 Å². The molecule has 0 bridgehead atoms. The number of carbonyl (C=O) groups is 2. The molecule has 0 saturated carbocycles. The van der Waals surface area contributed by atoms with E-state index in [1.165, 1.54) is 31.2 Å². The SMILES string of the molecule is CCCCCc1ccc(C(=O)Nc2ccc(N3CCCCC3)c(C(=O)NCCN(CC)CC)c2)cc1. The first kappa shape index (κ1) is 27.7. The van der Waals surface area contributed by atoms with Crippen LogP contribution >= 0.6 is 0 Å². The topological polar surface area (TPSA) is 64.7 Å².